The largest absolute Gasteiger partial charge is 0.514 e. The van der Waals surface area contributed by atoms with Crippen LogP contribution in [-0.4, -0.2) is 94.8 Å². The van der Waals surface area contributed by atoms with E-state index in [9.17, 15) is 29.1 Å². The number of ether oxygens (including phenoxy) is 7. The number of carbonyl (C=O) groups excluding carboxylic acids is 5. The third-order valence-electron chi connectivity index (χ3n) is 9.11. The van der Waals surface area contributed by atoms with Crippen LogP contribution in [-0.2, 0) is 54.7 Å². The van der Waals surface area contributed by atoms with Crippen molar-refractivity contribution in [3.05, 3.63) is 35.1 Å². The highest BCUT2D eigenvalue weighted by Gasteiger charge is 2.72. The number of rotatable bonds is 8. The van der Waals surface area contributed by atoms with Gasteiger partial charge in [-0.05, 0) is 92.6 Å². The molecule has 1 fully saturated rings. The average Bonchev–Trinajstić information content (AvgIpc) is 3.31. The molecular weight excluding hydrogens is 642 g/mol. The van der Waals surface area contributed by atoms with Gasteiger partial charge in [-0.15, -0.1) is 0 Å². The lowest BCUT2D eigenvalue weighted by Crippen LogP contribution is -2.74. The van der Waals surface area contributed by atoms with Crippen LogP contribution in [0.1, 0.15) is 85.8 Å². The van der Waals surface area contributed by atoms with Gasteiger partial charge in [0, 0.05) is 24.9 Å². The average molecular weight is 688 g/mol. The van der Waals surface area contributed by atoms with Gasteiger partial charge in [0.2, 0.25) is 6.10 Å². The van der Waals surface area contributed by atoms with Gasteiger partial charge in [-0.2, -0.15) is 0 Å². The van der Waals surface area contributed by atoms with Crippen LogP contribution in [0, 0.1) is 0 Å². The van der Waals surface area contributed by atoms with Gasteiger partial charge in [0.15, 0.2) is 23.7 Å². The second kappa shape index (κ2) is 12.6. The van der Waals surface area contributed by atoms with Gasteiger partial charge in [0.25, 0.3) is 0 Å². The highest BCUT2D eigenvalue weighted by Crippen LogP contribution is 2.65. The lowest BCUT2D eigenvalue weighted by Gasteiger charge is -2.61. The smallest absolute Gasteiger partial charge is 0.477 e. The Bertz CT molecular complexity index is 1590. The zero-order valence-corrected chi connectivity index (χ0v) is 29.4. The summed E-state index contributed by atoms with van der Waals surface area (Å²) in [7, 11) is 1.95. The quantitative estimate of drug-likeness (QED) is 0.239. The fourth-order valence-corrected chi connectivity index (χ4v) is 7.27. The number of hydrogen-bond donors (Lipinski definition) is 1. The molecule has 49 heavy (non-hydrogen) atoms. The molecule has 2 heterocycles. The number of piperidine rings is 1. The molecule has 0 radical (unpaired) electrons. The van der Waals surface area contributed by atoms with E-state index in [-0.39, 0.29) is 29.7 Å². The fourth-order valence-electron chi connectivity index (χ4n) is 7.27. The van der Waals surface area contributed by atoms with E-state index in [1.54, 1.807) is 53.7 Å². The second-order valence-electron chi connectivity index (χ2n) is 15.0. The topological polar surface area (TPSA) is 173 Å². The Kier molecular flexibility index (Phi) is 9.30. The number of hydrogen-bond acceptors (Lipinski definition) is 14. The first-order valence-corrected chi connectivity index (χ1v) is 16.3. The Balaban J connectivity index is 1.39. The molecule has 2 unspecified atom stereocenters. The van der Waals surface area contributed by atoms with Gasteiger partial charge < -0.3 is 43.2 Å². The van der Waals surface area contributed by atoms with E-state index in [1.165, 1.54) is 6.92 Å². The van der Waals surface area contributed by atoms with Crippen molar-refractivity contribution in [2.45, 2.75) is 128 Å². The summed E-state index contributed by atoms with van der Waals surface area (Å²) in [6.07, 6.45) is -3.02. The van der Waals surface area contributed by atoms with Crippen LogP contribution >= 0.6 is 0 Å². The summed E-state index contributed by atoms with van der Waals surface area (Å²) < 4.78 is 38.8. The molecule has 1 aromatic rings. The molecule has 1 N–H and O–H groups in total. The summed E-state index contributed by atoms with van der Waals surface area (Å²) in [5, 5.41) is 12.5. The SMILES string of the molecule is CC(=O)OC(CC(=O)OC(C)(C)C)C(=O)OC(C)C(=O)OC1=CC[C@@]2(O)[C@H]3Cc4ccc(OC(=O)OC(C)(C)C)c5c4[C@@]2(CCN3C)[C@H]1O5. The van der Waals surface area contributed by atoms with Crippen LogP contribution in [0.3, 0.4) is 0 Å². The lowest BCUT2D eigenvalue weighted by atomic mass is 9.50. The van der Waals surface area contributed by atoms with Crippen molar-refractivity contribution in [1.82, 2.24) is 4.90 Å². The summed E-state index contributed by atoms with van der Waals surface area (Å²) in [6.45, 7) is 13.0. The van der Waals surface area contributed by atoms with Gasteiger partial charge in [-0.3, -0.25) is 9.59 Å². The van der Waals surface area contributed by atoms with E-state index in [0.717, 1.165) is 12.5 Å². The van der Waals surface area contributed by atoms with E-state index in [1.807, 2.05) is 13.1 Å². The third kappa shape index (κ3) is 6.85. The molecule has 2 aliphatic heterocycles. The van der Waals surface area contributed by atoms with Crippen molar-refractivity contribution >= 4 is 30.0 Å². The summed E-state index contributed by atoms with van der Waals surface area (Å²) in [4.78, 5) is 65.3. The predicted octanol–water partition coefficient (Wildman–Crippen LogP) is 3.42. The molecule has 14 heteroatoms. The van der Waals surface area contributed by atoms with Crippen molar-refractivity contribution in [3.8, 4) is 11.5 Å². The van der Waals surface area contributed by atoms with Gasteiger partial charge in [0.1, 0.15) is 17.0 Å². The maximum absolute atomic E-state index is 13.4. The van der Waals surface area contributed by atoms with Crippen LogP contribution in [0.15, 0.2) is 24.0 Å². The zero-order valence-electron chi connectivity index (χ0n) is 29.4. The minimum Gasteiger partial charge on any atom is -0.477 e. The number of likely N-dealkylation sites (tertiary alicyclic amines) is 1. The molecular formula is C35H45NO13. The number of aliphatic hydroxyl groups is 1. The van der Waals surface area contributed by atoms with Crippen molar-refractivity contribution in [2.75, 3.05) is 13.6 Å². The Morgan fingerprint density at radius 1 is 1.00 bits per heavy atom. The Morgan fingerprint density at radius 2 is 1.67 bits per heavy atom. The minimum absolute atomic E-state index is 0.0958. The van der Waals surface area contributed by atoms with Crippen LogP contribution in [0.25, 0.3) is 0 Å². The molecule has 2 aliphatic carbocycles. The Labute approximate surface area is 284 Å². The maximum Gasteiger partial charge on any atom is 0.514 e. The summed E-state index contributed by atoms with van der Waals surface area (Å²) in [5.41, 5.74) is -2.43. The monoisotopic (exact) mass is 687 g/mol. The predicted molar refractivity (Wildman–Crippen MR) is 169 cm³/mol. The maximum atomic E-state index is 13.4. The van der Waals surface area contributed by atoms with Crippen LogP contribution in [0.2, 0.25) is 0 Å². The van der Waals surface area contributed by atoms with E-state index in [0.29, 0.717) is 24.9 Å². The van der Waals surface area contributed by atoms with E-state index >= 15 is 0 Å². The molecule has 2 bridgehead atoms. The zero-order chi connectivity index (χ0) is 36.3. The van der Waals surface area contributed by atoms with E-state index < -0.39 is 77.0 Å². The number of likely N-dealkylation sites (N-methyl/N-ethyl adjacent to an activating group) is 1. The van der Waals surface area contributed by atoms with Crippen LogP contribution < -0.4 is 9.47 Å². The number of esters is 4. The van der Waals surface area contributed by atoms with E-state index in [2.05, 4.69) is 4.90 Å². The van der Waals surface area contributed by atoms with Gasteiger partial charge in [-0.1, -0.05) is 6.07 Å². The lowest BCUT2D eigenvalue weighted by molar-refractivity contribution is -0.182. The standard InChI is InChI=1S/C35H45NO13/c1-18(43-30(40)23(44-19(2)37)17-25(38)48-32(3,4)5)29(39)45-22-12-13-35(42)24-16-20-10-11-21(46-31(41)49-33(6,7)8)27-26(20)34(35,28(22)47-27)14-15-36(24)9/h10-12,18,23-24,28,42H,13-17H2,1-9H3/t18?,23?,24-,28+,34+,35-/m1/s1. The van der Waals surface area contributed by atoms with Crippen molar-refractivity contribution in [3.63, 3.8) is 0 Å². The number of carbonyl (C=O) groups is 5. The van der Waals surface area contributed by atoms with Crippen molar-refractivity contribution in [1.29, 1.82) is 0 Å². The summed E-state index contributed by atoms with van der Waals surface area (Å²) in [6, 6.07) is 3.19. The summed E-state index contributed by atoms with van der Waals surface area (Å²) >= 11 is 0. The third-order valence-corrected chi connectivity index (χ3v) is 9.11. The Morgan fingerprint density at radius 3 is 2.31 bits per heavy atom. The first-order valence-electron chi connectivity index (χ1n) is 16.3. The first-order chi connectivity index (χ1) is 22.6. The molecule has 1 saturated heterocycles. The highest BCUT2D eigenvalue weighted by molar-refractivity contribution is 5.86. The molecule has 6 atom stereocenters. The number of benzene rings is 1. The molecule has 0 aromatic heterocycles. The highest BCUT2D eigenvalue weighted by atomic mass is 16.7. The number of nitrogens with zero attached hydrogens (tertiary/aromatic N) is 1. The molecule has 268 valence electrons. The fraction of sp³-hybridized carbons (Fsp3) is 0.629. The molecule has 14 nitrogen and oxygen atoms in total. The molecule has 4 aliphatic rings. The van der Waals surface area contributed by atoms with Gasteiger partial charge in [-0.25, -0.2) is 14.4 Å². The van der Waals surface area contributed by atoms with Gasteiger partial charge >= 0.3 is 30.0 Å². The van der Waals surface area contributed by atoms with E-state index in [4.69, 9.17) is 33.2 Å². The van der Waals surface area contributed by atoms with Crippen LogP contribution in [0.5, 0.6) is 11.5 Å². The normalized spacial score (nSPS) is 26.5. The first kappa shape index (κ1) is 36.1. The Hall–Kier alpha value is -4.17. The molecule has 0 saturated carbocycles. The minimum atomic E-state index is -1.65. The van der Waals surface area contributed by atoms with Crippen LogP contribution in [0.4, 0.5) is 4.79 Å². The second-order valence-corrected chi connectivity index (χ2v) is 15.0. The van der Waals surface area contributed by atoms with Crippen molar-refractivity contribution < 1.29 is 62.2 Å². The molecule has 0 amide bonds. The molecule has 1 spiro atoms. The van der Waals surface area contributed by atoms with Gasteiger partial charge in [0.05, 0.1) is 17.4 Å². The summed E-state index contributed by atoms with van der Waals surface area (Å²) in [5.74, 6) is -3.29. The molecule has 5 rings (SSSR count). The van der Waals surface area contributed by atoms with Crippen molar-refractivity contribution in [2.24, 2.45) is 0 Å². The molecule has 1 aromatic carbocycles.